The van der Waals surface area contributed by atoms with Crippen molar-refractivity contribution >= 4 is 17.9 Å². The number of aliphatic hydroxyl groups is 1. The van der Waals surface area contributed by atoms with Crippen molar-refractivity contribution in [2.24, 2.45) is 17.8 Å². The number of aliphatic hydroxyl groups excluding tert-OH is 1. The standard InChI is InChI=1S/3C8H16O2.C3H8O.Zr/c3*1-3-5-6-7(4-2)8(9)10;1-3(2)4;/h3*7H,3-6H2,1-2H3,(H,9,10);3-4H,1-2H3;. The normalized spacial score (nSPS) is 12.2. The number of unbranched alkanes of at least 4 members (excludes halogenated alkanes) is 3. The van der Waals surface area contributed by atoms with Crippen LogP contribution in [0.3, 0.4) is 0 Å². The third-order valence-electron chi connectivity index (χ3n) is 5.24. The van der Waals surface area contributed by atoms with Crippen LogP contribution < -0.4 is 0 Å². The van der Waals surface area contributed by atoms with E-state index in [1.165, 1.54) is 0 Å². The minimum atomic E-state index is -0.643. The van der Waals surface area contributed by atoms with Gasteiger partial charge in [-0.1, -0.05) is 80.1 Å². The van der Waals surface area contributed by atoms with Crippen LogP contribution in [-0.2, 0) is 40.6 Å². The Labute approximate surface area is 234 Å². The van der Waals surface area contributed by atoms with Gasteiger partial charge in [0.1, 0.15) is 0 Å². The molecule has 0 saturated heterocycles. The van der Waals surface area contributed by atoms with E-state index in [0.717, 1.165) is 77.0 Å². The second-order valence-corrected chi connectivity index (χ2v) is 8.85. The predicted octanol–water partition coefficient (Wildman–Crippen LogP) is 7.25. The first kappa shape index (κ1) is 44.3. The van der Waals surface area contributed by atoms with Crippen molar-refractivity contribution in [3.8, 4) is 0 Å². The smallest absolute Gasteiger partial charge is 0.306 e. The number of carboxylic acids is 3. The molecule has 0 spiro atoms. The minimum Gasteiger partial charge on any atom is -0.481 e. The third kappa shape index (κ3) is 38.0. The Bertz CT molecular complexity index is 406. The van der Waals surface area contributed by atoms with Gasteiger partial charge in [0.05, 0.1) is 17.8 Å². The Morgan fingerprint density at radius 1 is 0.543 bits per heavy atom. The molecule has 35 heavy (non-hydrogen) atoms. The summed E-state index contributed by atoms with van der Waals surface area (Å²) in [7, 11) is 0. The van der Waals surface area contributed by atoms with Gasteiger partial charge in [0.2, 0.25) is 0 Å². The summed E-state index contributed by atoms with van der Waals surface area (Å²) < 4.78 is 0. The number of hydrogen-bond acceptors (Lipinski definition) is 4. The van der Waals surface area contributed by atoms with E-state index in [1.807, 2.05) is 20.8 Å². The molecule has 0 bridgehead atoms. The minimum absolute atomic E-state index is 0. The molecule has 0 aromatic rings. The zero-order valence-corrected chi connectivity index (χ0v) is 26.3. The fourth-order valence-corrected chi connectivity index (χ4v) is 2.86. The topological polar surface area (TPSA) is 132 Å². The van der Waals surface area contributed by atoms with Gasteiger partial charge < -0.3 is 20.4 Å². The molecule has 0 saturated carbocycles. The van der Waals surface area contributed by atoms with Crippen molar-refractivity contribution in [2.45, 2.75) is 139 Å². The number of hydrogen-bond donors (Lipinski definition) is 4. The van der Waals surface area contributed by atoms with Crippen LogP contribution in [0.4, 0.5) is 0 Å². The Hall–Kier alpha value is -0.747. The molecule has 3 atom stereocenters. The van der Waals surface area contributed by atoms with Gasteiger partial charge in [-0.25, -0.2) is 0 Å². The van der Waals surface area contributed by atoms with Crippen LogP contribution in [0.1, 0.15) is 132 Å². The molecule has 0 aromatic heterocycles. The number of rotatable bonds is 15. The summed E-state index contributed by atoms with van der Waals surface area (Å²) in [5.41, 5.74) is 0. The fourth-order valence-electron chi connectivity index (χ4n) is 2.86. The molecule has 4 N–H and O–H groups in total. The Morgan fingerprint density at radius 2 is 0.714 bits per heavy atom. The molecule has 0 amide bonds. The first-order valence-corrected chi connectivity index (χ1v) is 13.3. The van der Waals surface area contributed by atoms with Crippen LogP contribution in [0.25, 0.3) is 0 Å². The molecule has 0 heterocycles. The van der Waals surface area contributed by atoms with Crippen molar-refractivity contribution in [3.05, 3.63) is 0 Å². The van der Waals surface area contributed by atoms with Crippen molar-refractivity contribution in [1.82, 2.24) is 0 Å². The van der Waals surface area contributed by atoms with Gasteiger partial charge in [0, 0.05) is 32.3 Å². The molecule has 0 fully saturated rings. The van der Waals surface area contributed by atoms with Gasteiger partial charge in [-0.15, -0.1) is 0 Å². The maximum Gasteiger partial charge on any atom is 0.306 e. The van der Waals surface area contributed by atoms with Gasteiger partial charge in [-0.05, 0) is 52.4 Å². The summed E-state index contributed by atoms with van der Waals surface area (Å²) in [5.74, 6) is -2.26. The van der Waals surface area contributed by atoms with Crippen molar-refractivity contribution < 1.29 is 61.0 Å². The average molecular weight is 584 g/mol. The zero-order valence-electron chi connectivity index (χ0n) is 23.8. The monoisotopic (exact) mass is 582 g/mol. The van der Waals surface area contributed by atoms with E-state index in [2.05, 4.69) is 20.8 Å². The van der Waals surface area contributed by atoms with Crippen LogP contribution in [0, 0.1) is 17.8 Å². The fraction of sp³-hybridized carbons (Fsp3) is 0.889. The van der Waals surface area contributed by atoms with Crippen LogP contribution >= 0.6 is 0 Å². The SMILES string of the molecule is CC(C)O.CCCCC(CC)C(=O)O.CCCCC(CC)C(=O)O.CCCCC(CC)C(=O)O.[Zr]. The van der Waals surface area contributed by atoms with E-state index in [0.29, 0.717) is 0 Å². The Balaban J connectivity index is -0.000000118. The zero-order chi connectivity index (χ0) is 27.5. The van der Waals surface area contributed by atoms with Gasteiger partial charge in [0.25, 0.3) is 0 Å². The molecule has 8 heteroatoms. The average Bonchev–Trinajstić information content (AvgIpc) is 2.75. The van der Waals surface area contributed by atoms with E-state index < -0.39 is 17.9 Å². The van der Waals surface area contributed by atoms with Gasteiger partial charge in [-0.3, -0.25) is 14.4 Å². The summed E-state index contributed by atoms with van der Waals surface area (Å²) in [4.78, 5) is 31.3. The van der Waals surface area contributed by atoms with E-state index >= 15 is 0 Å². The summed E-state index contributed by atoms with van der Waals surface area (Å²) in [6, 6.07) is 0. The third-order valence-corrected chi connectivity index (χ3v) is 5.24. The summed E-state index contributed by atoms with van der Waals surface area (Å²) in [5, 5.41) is 33.9. The van der Waals surface area contributed by atoms with E-state index in [-0.39, 0.29) is 50.1 Å². The maximum absolute atomic E-state index is 10.4. The number of carbonyl (C=O) groups is 3. The molecule has 0 radical (unpaired) electrons. The van der Waals surface area contributed by atoms with E-state index in [9.17, 15) is 14.4 Å². The number of carboxylic acid groups (broad SMARTS) is 3. The molecule has 7 nitrogen and oxygen atoms in total. The van der Waals surface area contributed by atoms with Crippen molar-refractivity contribution in [1.29, 1.82) is 0 Å². The second kappa shape index (κ2) is 33.3. The van der Waals surface area contributed by atoms with E-state index in [1.54, 1.807) is 13.8 Å². The molecule has 0 aliphatic heterocycles. The molecule has 0 aliphatic carbocycles. The Morgan fingerprint density at radius 3 is 0.800 bits per heavy atom. The van der Waals surface area contributed by atoms with Crippen LogP contribution in [0.5, 0.6) is 0 Å². The first-order valence-electron chi connectivity index (χ1n) is 13.3. The van der Waals surface area contributed by atoms with Crippen LogP contribution in [0.2, 0.25) is 0 Å². The number of aliphatic carboxylic acids is 3. The second-order valence-electron chi connectivity index (χ2n) is 8.85. The van der Waals surface area contributed by atoms with Crippen molar-refractivity contribution in [2.75, 3.05) is 0 Å². The van der Waals surface area contributed by atoms with Gasteiger partial charge >= 0.3 is 17.9 Å². The van der Waals surface area contributed by atoms with Gasteiger partial charge in [-0.2, -0.15) is 0 Å². The molecule has 0 aromatic carbocycles. The molecule has 0 rings (SSSR count). The summed E-state index contributed by atoms with van der Waals surface area (Å²) >= 11 is 0. The largest absolute Gasteiger partial charge is 0.481 e. The molecular weight excluding hydrogens is 528 g/mol. The molecule has 210 valence electrons. The van der Waals surface area contributed by atoms with Crippen LogP contribution in [-0.4, -0.2) is 44.4 Å². The summed E-state index contributed by atoms with van der Waals surface area (Å²) in [6.45, 7) is 15.5. The van der Waals surface area contributed by atoms with E-state index in [4.69, 9.17) is 20.4 Å². The van der Waals surface area contributed by atoms with Crippen LogP contribution in [0.15, 0.2) is 0 Å². The first-order chi connectivity index (χ1) is 15.9. The summed E-state index contributed by atoms with van der Waals surface area (Å²) in [6.07, 6.45) is 11.0. The van der Waals surface area contributed by atoms with Crippen molar-refractivity contribution in [3.63, 3.8) is 0 Å². The molecule has 0 aliphatic rings. The Kier molecular flexibility index (Phi) is 42.1. The predicted molar refractivity (Wildman–Crippen MR) is 140 cm³/mol. The molecule has 3 unspecified atom stereocenters. The molecular formula is C27H56O7Zr. The maximum atomic E-state index is 10.4. The van der Waals surface area contributed by atoms with Gasteiger partial charge in [0.15, 0.2) is 0 Å². The quantitative estimate of drug-likeness (QED) is 0.160.